The Balaban J connectivity index is 1.60. The van der Waals surface area contributed by atoms with Crippen LogP contribution in [-0.2, 0) is 4.79 Å². The SMILES string of the molecule is O=C(O)c1ccc(/C=C/C(=O)N2CC3CCCC3C2)cc1. The Labute approximate surface area is 124 Å². The van der Waals surface area contributed by atoms with Crippen LogP contribution in [-0.4, -0.2) is 35.0 Å². The number of fused-ring (bicyclic) bond motifs is 1. The Hall–Kier alpha value is -2.10. The van der Waals surface area contributed by atoms with Crippen molar-refractivity contribution in [3.05, 3.63) is 41.5 Å². The molecule has 2 aliphatic rings. The number of benzene rings is 1. The normalized spacial score (nSPS) is 24.5. The van der Waals surface area contributed by atoms with Crippen LogP contribution in [0.4, 0.5) is 0 Å². The molecule has 4 nitrogen and oxygen atoms in total. The van der Waals surface area contributed by atoms with Gasteiger partial charge in [0.25, 0.3) is 0 Å². The van der Waals surface area contributed by atoms with E-state index in [-0.39, 0.29) is 11.5 Å². The van der Waals surface area contributed by atoms with Gasteiger partial charge in [-0.25, -0.2) is 4.79 Å². The number of carboxylic acid groups (broad SMARTS) is 1. The molecule has 2 fully saturated rings. The molecule has 1 saturated carbocycles. The lowest BCUT2D eigenvalue weighted by atomic mass is 10.0. The monoisotopic (exact) mass is 285 g/mol. The zero-order valence-corrected chi connectivity index (χ0v) is 11.9. The van der Waals surface area contributed by atoms with E-state index in [0.29, 0.717) is 11.8 Å². The van der Waals surface area contributed by atoms with Gasteiger partial charge in [-0.15, -0.1) is 0 Å². The van der Waals surface area contributed by atoms with E-state index in [2.05, 4.69) is 0 Å². The van der Waals surface area contributed by atoms with Gasteiger partial charge in [0, 0.05) is 19.2 Å². The molecule has 110 valence electrons. The predicted molar refractivity (Wildman–Crippen MR) is 79.8 cm³/mol. The number of nitrogens with zero attached hydrogens (tertiary/aromatic N) is 1. The first kappa shape index (κ1) is 13.9. The summed E-state index contributed by atoms with van der Waals surface area (Å²) in [5.74, 6) is 0.534. The number of carbonyl (C=O) groups is 2. The lowest BCUT2D eigenvalue weighted by molar-refractivity contribution is -0.125. The minimum Gasteiger partial charge on any atom is -0.478 e. The summed E-state index contributed by atoms with van der Waals surface area (Å²) in [5, 5.41) is 8.84. The fourth-order valence-corrected chi connectivity index (χ4v) is 3.42. The van der Waals surface area contributed by atoms with Crippen molar-refractivity contribution in [1.29, 1.82) is 0 Å². The van der Waals surface area contributed by atoms with E-state index in [1.807, 2.05) is 4.90 Å². The molecule has 2 unspecified atom stereocenters. The van der Waals surface area contributed by atoms with E-state index in [9.17, 15) is 9.59 Å². The number of aromatic carboxylic acids is 1. The first-order chi connectivity index (χ1) is 10.1. The second-order valence-electron chi connectivity index (χ2n) is 5.95. The Kier molecular flexibility index (Phi) is 3.78. The van der Waals surface area contributed by atoms with Crippen molar-refractivity contribution in [2.24, 2.45) is 11.8 Å². The molecule has 0 radical (unpaired) electrons. The van der Waals surface area contributed by atoms with E-state index >= 15 is 0 Å². The van der Waals surface area contributed by atoms with Gasteiger partial charge < -0.3 is 10.0 Å². The second-order valence-corrected chi connectivity index (χ2v) is 5.95. The second kappa shape index (κ2) is 5.72. The Morgan fingerprint density at radius 3 is 2.29 bits per heavy atom. The molecule has 0 spiro atoms. The summed E-state index contributed by atoms with van der Waals surface area (Å²) in [6.45, 7) is 1.79. The van der Waals surface area contributed by atoms with Crippen LogP contribution in [0.25, 0.3) is 6.08 Å². The lowest BCUT2D eigenvalue weighted by Gasteiger charge is -2.14. The molecule has 3 rings (SSSR count). The molecular formula is C17H19NO3. The average molecular weight is 285 g/mol. The van der Waals surface area contributed by atoms with Gasteiger partial charge in [0.15, 0.2) is 0 Å². The number of carbonyl (C=O) groups excluding carboxylic acids is 1. The van der Waals surface area contributed by atoms with Gasteiger partial charge in [0.05, 0.1) is 5.56 Å². The number of carboxylic acids is 1. The van der Waals surface area contributed by atoms with Crippen molar-refractivity contribution in [3.63, 3.8) is 0 Å². The van der Waals surface area contributed by atoms with Crippen molar-refractivity contribution in [3.8, 4) is 0 Å². The third-order valence-corrected chi connectivity index (χ3v) is 4.61. The van der Waals surface area contributed by atoms with E-state index < -0.39 is 5.97 Å². The summed E-state index contributed by atoms with van der Waals surface area (Å²) >= 11 is 0. The van der Waals surface area contributed by atoms with Crippen molar-refractivity contribution in [1.82, 2.24) is 4.90 Å². The molecule has 1 aliphatic heterocycles. The Morgan fingerprint density at radius 2 is 1.71 bits per heavy atom. The van der Waals surface area contributed by atoms with Crippen LogP contribution in [0.3, 0.4) is 0 Å². The molecule has 0 aromatic heterocycles. The third-order valence-electron chi connectivity index (χ3n) is 4.61. The summed E-state index contributed by atoms with van der Waals surface area (Å²) in [7, 11) is 0. The van der Waals surface area contributed by atoms with Crippen LogP contribution in [0.15, 0.2) is 30.3 Å². The van der Waals surface area contributed by atoms with Gasteiger partial charge in [-0.3, -0.25) is 4.79 Å². The molecule has 1 saturated heterocycles. The number of amides is 1. The minimum atomic E-state index is -0.940. The number of hydrogen-bond acceptors (Lipinski definition) is 2. The molecule has 1 N–H and O–H groups in total. The van der Waals surface area contributed by atoms with Crippen LogP contribution >= 0.6 is 0 Å². The largest absolute Gasteiger partial charge is 0.478 e. The lowest BCUT2D eigenvalue weighted by Crippen LogP contribution is -2.27. The summed E-state index contributed by atoms with van der Waals surface area (Å²) in [4.78, 5) is 24.9. The van der Waals surface area contributed by atoms with E-state index in [1.54, 1.807) is 36.4 Å². The maximum Gasteiger partial charge on any atom is 0.335 e. The van der Waals surface area contributed by atoms with Crippen LogP contribution in [0.1, 0.15) is 35.2 Å². The zero-order chi connectivity index (χ0) is 14.8. The van der Waals surface area contributed by atoms with Gasteiger partial charge >= 0.3 is 5.97 Å². The fourth-order valence-electron chi connectivity index (χ4n) is 3.42. The first-order valence-electron chi connectivity index (χ1n) is 7.44. The highest BCUT2D eigenvalue weighted by molar-refractivity contribution is 5.92. The maximum atomic E-state index is 12.2. The molecule has 1 aromatic rings. The van der Waals surface area contributed by atoms with Crippen LogP contribution in [0, 0.1) is 11.8 Å². The summed E-state index contributed by atoms with van der Waals surface area (Å²) in [5.41, 5.74) is 1.10. The van der Waals surface area contributed by atoms with Crippen molar-refractivity contribution in [2.75, 3.05) is 13.1 Å². The fraction of sp³-hybridized carbons (Fsp3) is 0.412. The summed E-state index contributed by atoms with van der Waals surface area (Å²) in [6.07, 6.45) is 7.17. The Bertz CT molecular complexity index is 564. The summed E-state index contributed by atoms with van der Waals surface area (Å²) in [6, 6.07) is 6.53. The topological polar surface area (TPSA) is 57.6 Å². The Morgan fingerprint density at radius 1 is 1.10 bits per heavy atom. The van der Waals surface area contributed by atoms with Crippen molar-refractivity contribution < 1.29 is 14.7 Å². The molecule has 1 heterocycles. The van der Waals surface area contributed by atoms with Crippen molar-refractivity contribution >= 4 is 18.0 Å². The van der Waals surface area contributed by atoms with Gasteiger partial charge in [0.2, 0.25) is 5.91 Å². The van der Waals surface area contributed by atoms with Crippen LogP contribution in [0.5, 0.6) is 0 Å². The molecule has 21 heavy (non-hydrogen) atoms. The van der Waals surface area contributed by atoms with Gasteiger partial charge in [-0.2, -0.15) is 0 Å². The molecule has 1 amide bonds. The zero-order valence-electron chi connectivity index (χ0n) is 11.9. The molecule has 1 aliphatic carbocycles. The highest BCUT2D eigenvalue weighted by atomic mass is 16.4. The molecular weight excluding hydrogens is 266 g/mol. The molecule has 2 atom stereocenters. The minimum absolute atomic E-state index is 0.0618. The van der Waals surface area contributed by atoms with E-state index in [4.69, 9.17) is 5.11 Å². The predicted octanol–water partition coefficient (Wildman–Crippen LogP) is 2.66. The molecule has 1 aromatic carbocycles. The highest BCUT2D eigenvalue weighted by Gasteiger charge is 2.37. The molecule has 0 bridgehead atoms. The standard InChI is InChI=1S/C17H19NO3/c19-16(18-10-14-2-1-3-15(14)11-18)9-6-12-4-7-13(8-5-12)17(20)21/h4-9,14-15H,1-3,10-11H2,(H,20,21)/b9-6+. The van der Waals surface area contributed by atoms with Crippen molar-refractivity contribution in [2.45, 2.75) is 19.3 Å². The smallest absolute Gasteiger partial charge is 0.335 e. The maximum absolute atomic E-state index is 12.2. The highest BCUT2D eigenvalue weighted by Crippen LogP contribution is 2.37. The average Bonchev–Trinajstić information content (AvgIpc) is 3.06. The number of likely N-dealkylation sites (tertiary alicyclic amines) is 1. The van der Waals surface area contributed by atoms with E-state index in [1.165, 1.54) is 19.3 Å². The van der Waals surface area contributed by atoms with E-state index in [0.717, 1.165) is 18.7 Å². The molecule has 4 heteroatoms. The van der Waals surface area contributed by atoms with Gasteiger partial charge in [0.1, 0.15) is 0 Å². The number of hydrogen-bond donors (Lipinski definition) is 1. The van der Waals surface area contributed by atoms with Crippen LogP contribution < -0.4 is 0 Å². The summed E-state index contributed by atoms with van der Waals surface area (Å²) < 4.78 is 0. The first-order valence-corrected chi connectivity index (χ1v) is 7.44. The number of rotatable bonds is 3. The van der Waals surface area contributed by atoms with Gasteiger partial charge in [-0.1, -0.05) is 18.6 Å². The van der Waals surface area contributed by atoms with Crippen LogP contribution in [0.2, 0.25) is 0 Å². The quantitative estimate of drug-likeness (QED) is 0.869. The van der Waals surface area contributed by atoms with Gasteiger partial charge in [-0.05, 0) is 48.4 Å². The third kappa shape index (κ3) is 2.99.